The van der Waals surface area contributed by atoms with Gasteiger partial charge in [-0.1, -0.05) is 60.1 Å². The van der Waals surface area contributed by atoms with Crippen molar-refractivity contribution in [2.45, 2.75) is 25.6 Å². The molecular weight excluding hydrogens is 328 g/mol. The molecule has 0 aliphatic carbocycles. The molecular formula is C18H23BrO2. The molecule has 2 aromatic rings. The van der Waals surface area contributed by atoms with Crippen LogP contribution in [0.15, 0.2) is 36.4 Å². The van der Waals surface area contributed by atoms with Crippen LogP contribution in [0.1, 0.15) is 25.8 Å². The van der Waals surface area contributed by atoms with Gasteiger partial charge in [0.15, 0.2) is 0 Å². The zero-order valence-electron chi connectivity index (χ0n) is 12.8. The van der Waals surface area contributed by atoms with Crippen molar-refractivity contribution in [1.82, 2.24) is 0 Å². The first kappa shape index (κ1) is 16.3. The molecule has 0 unspecified atom stereocenters. The van der Waals surface area contributed by atoms with Crippen LogP contribution in [0.3, 0.4) is 0 Å². The predicted octanol–water partition coefficient (Wildman–Crippen LogP) is 5.18. The van der Waals surface area contributed by atoms with Gasteiger partial charge < -0.3 is 9.47 Å². The number of rotatable bonds is 8. The number of hydrogen-bond acceptors (Lipinski definition) is 2. The zero-order valence-corrected chi connectivity index (χ0v) is 14.4. The molecule has 0 spiro atoms. The third-order valence-electron chi connectivity index (χ3n) is 3.46. The largest absolute Gasteiger partial charge is 0.491 e. The van der Waals surface area contributed by atoms with Gasteiger partial charge in [-0.3, -0.25) is 0 Å². The van der Waals surface area contributed by atoms with E-state index < -0.39 is 0 Å². The van der Waals surface area contributed by atoms with E-state index in [1.165, 1.54) is 16.3 Å². The van der Waals surface area contributed by atoms with Gasteiger partial charge in [-0.25, -0.2) is 0 Å². The van der Waals surface area contributed by atoms with E-state index in [9.17, 15) is 0 Å². The lowest BCUT2D eigenvalue weighted by atomic mass is 10.0. The van der Waals surface area contributed by atoms with Crippen LogP contribution in [-0.4, -0.2) is 19.8 Å². The van der Waals surface area contributed by atoms with Crippen molar-refractivity contribution >= 4 is 26.7 Å². The molecule has 114 valence electrons. The van der Waals surface area contributed by atoms with E-state index in [1.807, 2.05) is 6.07 Å². The fourth-order valence-electron chi connectivity index (χ4n) is 2.22. The minimum Gasteiger partial charge on any atom is -0.491 e. The molecule has 0 aliphatic heterocycles. The summed E-state index contributed by atoms with van der Waals surface area (Å²) in [6, 6.07) is 12.5. The fraction of sp³-hybridized carbons (Fsp3) is 0.444. The average Bonchev–Trinajstić information content (AvgIpc) is 2.50. The van der Waals surface area contributed by atoms with Gasteiger partial charge in [-0.15, -0.1) is 0 Å². The Morgan fingerprint density at radius 2 is 1.81 bits per heavy atom. The number of benzene rings is 2. The molecule has 0 atom stereocenters. The fourth-order valence-corrected chi connectivity index (χ4v) is 2.80. The van der Waals surface area contributed by atoms with E-state index in [1.54, 1.807) is 0 Å². The Labute approximate surface area is 135 Å². The van der Waals surface area contributed by atoms with Gasteiger partial charge in [0, 0.05) is 17.5 Å². The maximum Gasteiger partial charge on any atom is 0.124 e. The Kier molecular flexibility index (Phi) is 6.52. The molecule has 2 aromatic carbocycles. The van der Waals surface area contributed by atoms with Gasteiger partial charge in [-0.05, 0) is 29.2 Å². The summed E-state index contributed by atoms with van der Waals surface area (Å²) >= 11 is 3.57. The van der Waals surface area contributed by atoms with E-state index in [-0.39, 0.29) is 0 Å². The molecule has 3 heteroatoms. The lowest BCUT2D eigenvalue weighted by molar-refractivity contribution is 0.0924. The smallest absolute Gasteiger partial charge is 0.124 e. The Morgan fingerprint density at radius 3 is 2.57 bits per heavy atom. The number of alkyl halides is 1. The topological polar surface area (TPSA) is 18.5 Å². The number of hydrogen-bond donors (Lipinski definition) is 0. The third-order valence-corrected chi connectivity index (χ3v) is 4.02. The van der Waals surface area contributed by atoms with Crippen molar-refractivity contribution in [3.05, 3.63) is 42.0 Å². The minimum absolute atomic E-state index is 0.594. The van der Waals surface area contributed by atoms with E-state index in [2.05, 4.69) is 60.1 Å². The molecule has 21 heavy (non-hydrogen) atoms. The second-order valence-corrected chi connectivity index (χ2v) is 6.10. The summed E-state index contributed by atoms with van der Waals surface area (Å²) in [7, 11) is 0. The van der Waals surface area contributed by atoms with Gasteiger partial charge in [0.25, 0.3) is 0 Å². The number of ether oxygens (including phenoxy) is 2. The predicted molar refractivity (Wildman–Crippen MR) is 92.3 cm³/mol. The van der Waals surface area contributed by atoms with Crippen LogP contribution in [0.25, 0.3) is 10.8 Å². The third kappa shape index (κ3) is 4.72. The molecule has 0 fully saturated rings. The van der Waals surface area contributed by atoms with Crippen molar-refractivity contribution in [3.8, 4) is 5.75 Å². The molecule has 0 saturated heterocycles. The summed E-state index contributed by atoms with van der Waals surface area (Å²) in [6.45, 7) is 6.45. The van der Waals surface area contributed by atoms with Crippen LogP contribution in [0.4, 0.5) is 0 Å². The van der Waals surface area contributed by atoms with Crippen molar-refractivity contribution in [3.63, 3.8) is 0 Å². The first-order valence-corrected chi connectivity index (χ1v) is 8.61. The van der Waals surface area contributed by atoms with Gasteiger partial charge in [0.2, 0.25) is 0 Å². The minimum atomic E-state index is 0.594. The number of halogens is 1. The van der Waals surface area contributed by atoms with Gasteiger partial charge in [0.05, 0.1) is 6.61 Å². The Balaban J connectivity index is 1.93. The molecule has 0 aromatic heterocycles. The number of fused-ring (bicyclic) bond motifs is 1. The summed E-state index contributed by atoms with van der Waals surface area (Å²) in [5.74, 6) is 1.63. The highest BCUT2D eigenvalue weighted by molar-refractivity contribution is 9.08. The maximum atomic E-state index is 5.89. The quantitative estimate of drug-likeness (QED) is 0.482. The summed E-state index contributed by atoms with van der Waals surface area (Å²) in [5, 5.41) is 3.28. The van der Waals surface area contributed by atoms with Crippen molar-refractivity contribution in [2.75, 3.05) is 19.8 Å². The SMILES string of the molecule is CC(C)CCOCCOc1ccc2ccccc2c1CBr. The monoisotopic (exact) mass is 350 g/mol. The molecule has 0 radical (unpaired) electrons. The first-order valence-electron chi connectivity index (χ1n) is 7.49. The van der Waals surface area contributed by atoms with E-state index in [0.29, 0.717) is 19.1 Å². The van der Waals surface area contributed by atoms with Crippen LogP contribution in [0.2, 0.25) is 0 Å². The molecule has 0 saturated carbocycles. The first-order chi connectivity index (χ1) is 10.2. The average molecular weight is 351 g/mol. The maximum absolute atomic E-state index is 5.89. The van der Waals surface area contributed by atoms with E-state index in [0.717, 1.165) is 24.1 Å². The molecule has 2 rings (SSSR count). The standard InChI is InChI=1S/C18H23BrO2/c1-14(2)9-10-20-11-12-21-18-8-7-15-5-3-4-6-16(15)17(18)13-19/h3-8,14H,9-13H2,1-2H3. The summed E-state index contributed by atoms with van der Waals surface area (Å²) in [5.41, 5.74) is 1.20. The molecule has 0 amide bonds. The van der Waals surface area contributed by atoms with Crippen LogP contribution < -0.4 is 4.74 Å². The van der Waals surface area contributed by atoms with Crippen LogP contribution >= 0.6 is 15.9 Å². The Bertz CT molecular complexity index is 566. The second-order valence-electron chi connectivity index (χ2n) is 5.54. The van der Waals surface area contributed by atoms with Gasteiger partial charge >= 0.3 is 0 Å². The van der Waals surface area contributed by atoms with Crippen molar-refractivity contribution in [2.24, 2.45) is 5.92 Å². The molecule has 0 bridgehead atoms. The van der Waals surface area contributed by atoms with Gasteiger partial charge in [-0.2, -0.15) is 0 Å². The molecule has 2 nitrogen and oxygen atoms in total. The molecule has 0 aliphatic rings. The lowest BCUT2D eigenvalue weighted by Crippen LogP contribution is -2.09. The highest BCUT2D eigenvalue weighted by Crippen LogP contribution is 2.29. The van der Waals surface area contributed by atoms with Gasteiger partial charge in [0.1, 0.15) is 12.4 Å². The van der Waals surface area contributed by atoms with Crippen LogP contribution in [0, 0.1) is 5.92 Å². The summed E-state index contributed by atoms with van der Waals surface area (Å²) < 4.78 is 11.5. The van der Waals surface area contributed by atoms with Crippen molar-refractivity contribution in [1.29, 1.82) is 0 Å². The summed E-state index contributed by atoms with van der Waals surface area (Å²) in [6.07, 6.45) is 1.10. The van der Waals surface area contributed by atoms with E-state index in [4.69, 9.17) is 9.47 Å². The van der Waals surface area contributed by atoms with Crippen molar-refractivity contribution < 1.29 is 9.47 Å². The highest BCUT2D eigenvalue weighted by atomic mass is 79.9. The second kappa shape index (κ2) is 8.40. The summed E-state index contributed by atoms with van der Waals surface area (Å²) in [4.78, 5) is 0. The molecule has 0 heterocycles. The molecule has 0 N–H and O–H groups in total. The van der Waals surface area contributed by atoms with Crippen LogP contribution in [0.5, 0.6) is 5.75 Å². The Hall–Kier alpha value is -1.06. The highest BCUT2D eigenvalue weighted by Gasteiger charge is 2.07. The normalized spacial score (nSPS) is 11.2. The van der Waals surface area contributed by atoms with Crippen LogP contribution in [-0.2, 0) is 10.1 Å². The Morgan fingerprint density at radius 1 is 1.00 bits per heavy atom. The zero-order chi connectivity index (χ0) is 15.1. The van der Waals surface area contributed by atoms with E-state index >= 15 is 0 Å². The lowest BCUT2D eigenvalue weighted by Gasteiger charge is -2.13.